The molecule has 0 radical (unpaired) electrons. The number of hydrogen-bond donors (Lipinski definition) is 1. The lowest BCUT2D eigenvalue weighted by Crippen LogP contribution is -2.34. The van der Waals surface area contributed by atoms with E-state index in [1.165, 1.54) is 0 Å². The highest BCUT2D eigenvalue weighted by Crippen LogP contribution is 2.26. The summed E-state index contributed by atoms with van der Waals surface area (Å²) in [4.78, 5) is 16.8. The van der Waals surface area contributed by atoms with Gasteiger partial charge in [-0.05, 0) is 23.5 Å². The second-order valence-electron chi connectivity index (χ2n) is 7.71. The monoisotopic (exact) mass is 345 g/mol. The molecule has 0 spiro atoms. The molecule has 25 heavy (non-hydrogen) atoms. The molecule has 0 saturated heterocycles. The van der Waals surface area contributed by atoms with Gasteiger partial charge in [0.15, 0.2) is 0 Å². The third kappa shape index (κ3) is 5.31. The van der Waals surface area contributed by atoms with Crippen molar-refractivity contribution in [1.82, 2.24) is 15.5 Å². The molecule has 6 heteroatoms. The minimum atomic E-state index is -0.318. The van der Waals surface area contributed by atoms with E-state index in [0.29, 0.717) is 18.1 Å². The maximum Gasteiger partial charge on any atom is 0.249 e. The highest BCUT2D eigenvalue weighted by atomic mass is 16.5. The molecule has 1 amide bonds. The number of benzene rings is 1. The lowest BCUT2D eigenvalue weighted by molar-refractivity contribution is -0.124. The zero-order valence-electron chi connectivity index (χ0n) is 15.8. The van der Waals surface area contributed by atoms with E-state index in [1.54, 1.807) is 7.11 Å². The van der Waals surface area contributed by atoms with Gasteiger partial charge in [0.2, 0.25) is 17.6 Å². The van der Waals surface area contributed by atoms with Gasteiger partial charge in [-0.3, -0.25) is 4.79 Å². The highest BCUT2D eigenvalue weighted by Gasteiger charge is 2.26. The van der Waals surface area contributed by atoms with Crippen molar-refractivity contribution in [2.45, 2.75) is 47.1 Å². The van der Waals surface area contributed by atoms with Crippen molar-refractivity contribution in [3.8, 4) is 17.1 Å². The quantitative estimate of drug-likeness (QED) is 0.856. The summed E-state index contributed by atoms with van der Waals surface area (Å²) in [6, 6.07) is 7.14. The summed E-state index contributed by atoms with van der Waals surface area (Å²) in [5, 5.41) is 7.07. The zero-order valence-corrected chi connectivity index (χ0v) is 15.8. The minimum absolute atomic E-state index is 0.0210. The van der Waals surface area contributed by atoms with E-state index in [4.69, 9.17) is 9.26 Å². The fourth-order valence-electron chi connectivity index (χ4n) is 2.46. The van der Waals surface area contributed by atoms with Crippen LogP contribution in [0.15, 0.2) is 28.8 Å². The second-order valence-corrected chi connectivity index (χ2v) is 7.71. The van der Waals surface area contributed by atoms with Crippen molar-refractivity contribution < 1.29 is 14.1 Å². The first kappa shape index (κ1) is 19.0. The van der Waals surface area contributed by atoms with Crippen molar-refractivity contribution >= 4 is 5.91 Å². The Morgan fingerprint density at radius 2 is 2.04 bits per heavy atom. The molecule has 1 N–H and O–H groups in total. The summed E-state index contributed by atoms with van der Waals surface area (Å²) in [5.41, 5.74) is 0.726. The van der Waals surface area contributed by atoms with Crippen LogP contribution >= 0.6 is 0 Å². The molecule has 1 aromatic carbocycles. The van der Waals surface area contributed by atoms with Gasteiger partial charge in [-0.25, -0.2) is 0 Å². The molecule has 0 aliphatic heterocycles. The SMILES string of the molecule is COc1cccc(-c2noc(C(NC(=O)CC(C)(C)C)C(C)C)n2)c1. The van der Waals surface area contributed by atoms with E-state index in [-0.39, 0.29) is 23.3 Å². The molecule has 0 bridgehead atoms. The molecule has 6 nitrogen and oxygen atoms in total. The lowest BCUT2D eigenvalue weighted by Gasteiger charge is -2.22. The van der Waals surface area contributed by atoms with Gasteiger partial charge >= 0.3 is 0 Å². The molecular weight excluding hydrogens is 318 g/mol. The van der Waals surface area contributed by atoms with Crippen molar-refractivity contribution in [1.29, 1.82) is 0 Å². The van der Waals surface area contributed by atoms with Gasteiger partial charge in [-0.1, -0.05) is 51.9 Å². The Labute approximate surface area is 149 Å². The minimum Gasteiger partial charge on any atom is -0.497 e. The molecule has 1 unspecified atom stereocenters. The molecule has 0 aliphatic carbocycles. The summed E-state index contributed by atoms with van der Waals surface area (Å²) in [6.07, 6.45) is 0.438. The van der Waals surface area contributed by atoms with E-state index in [2.05, 4.69) is 15.5 Å². The Bertz CT molecular complexity index is 717. The topological polar surface area (TPSA) is 77.3 Å². The van der Waals surface area contributed by atoms with E-state index in [0.717, 1.165) is 11.3 Å². The van der Waals surface area contributed by atoms with Gasteiger partial charge < -0.3 is 14.6 Å². The van der Waals surface area contributed by atoms with Crippen LogP contribution in [0.1, 0.15) is 53.0 Å². The summed E-state index contributed by atoms with van der Waals surface area (Å²) in [5.74, 6) is 1.72. The van der Waals surface area contributed by atoms with Crippen LogP contribution in [-0.4, -0.2) is 23.2 Å². The number of nitrogens with zero attached hydrogens (tertiary/aromatic N) is 2. The number of carbonyl (C=O) groups is 1. The largest absolute Gasteiger partial charge is 0.497 e. The standard InChI is InChI=1S/C19H27N3O3/c1-12(2)16(20-15(23)11-19(3,4)5)18-21-17(22-25-18)13-8-7-9-14(10-13)24-6/h7-10,12,16H,11H2,1-6H3,(H,20,23). The van der Waals surface area contributed by atoms with Gasteiger partial charge in [-0.15, -0.1) is 0 Å². The normalized spacial score (nSPS) is 12.9. The van der Waals surface area contributed by atoms with Crippen molar-refractivity contribution in [2.24, 2.45) is 11.3 Å². The Kier molecular flexibility index (Phi) is 5.82. The van der Waals surface area contributed by atoms with E-state index in [9.17, 15) is 4.79 Å². The number of nitrogens with one attached hydrogen (secondary N) is 1. The summed E-state index contributed by atoms with van der Waals surface area (Å²) in [7, 11) is 1.61. The number of amides is 1. The lowest BCUT2D eigenvalue weighted by atomic mass is 9.91. The maximum atomic E-state index is 12.3. The molecule has 0 fully saturated rings. The van der Waals surface area contributed by atoms with Crippen molar-refractivity contribution in [3.63, 3.8) is 0 Å². The first-order valence-corrected chi connectivity index (χ1v) is 8.47. The van der Waals surface area contributed by atoms with Gasteiger partial charge in [-0.2, -0.15) is 4.98 Å². The van der Waals surface area contributed by atoms with Crippen LogP contribution in [0.3, 0.4) is 0 Å². The Balaban J connectivity index is 2.20. The Hall–Kier alpha value is -2.37. The average molecular weight is 345 g/mol. The van der Waals surface area contributed by atoms with Gasteiger partial charge in [0, 0.05) is 12.0 Å². The highest BCUT2D eigenvalue weighted by molar-refractivity contribution is 5.77. The number of aromatic nitrogens is 2. The number of ether oxygens (including phenoxy) is 1. The first-order chi connectivity index (χ1) is 11.7. The fourth-order valence-corrected chi connectivity index (χ4v) is 2.46. The molecule has 1 atom stereocenters. The second kappa shape index (κ2) is 7.68. The third-order valence-corrected chi connectivity index (χ3v) is 3.71. The smallest absolute Gasteiger partial charge is 0.249 e. The maximum absolute atomic E-state index is 12.3. The van der Waals surface area contributed by atoms with Crippen molar-refractivity contribution in [2.75, 3.05) is 7.11 Å². The first-order valence-electron chi connectivity index (χ1n) is 8.47. The Morgan fingerprint density at radius 3 is 2.64 bits per heavy atom. The van der Waals surface area contributed by atoms with Crippen LogP contribution in [0.2, 0.25) is 0 Å². The predicted molar refractivity (Wildman–Crippen MR) is 96.1 cm³/mol. The Morgan fingerprint density at radius 1 is 1.32 bits per heavy atom. The summed E-state index contributed by atoms with van der Waals surface area (Å²) >= 11 is 0. The number of rotatable bonds is 6. The van der Waals surface area contributed by atoms with Crippen LogP contribution in [0, 0.1) is 11.3 Å². The third-order valence-electron chi connectivity index (χ3n) is 3.71. The molecule has 136 valence electrons. The van der Waals surface area contributed by atoms with Crippen LogP contribution in [0.5, 0.6) is 5.75 Å². The molecule has 2 rings (SSSR count). The molecule has 0 saturated carbocycles. The summed E-state index contributed by atoms with van der Waals surface area (Å²) in [6.45, 7) is 10.1. The van der Waals surface area contributed by atoms with Crippen LogP contribution in [-0.2, 0) is 4.79 Å². The van der Waals surface area contributed by atoms with Crippen LogP contribution in [0.4, 0.5) is 0 Å². The average Bonchev–Trinajstić information content (AvgIpc) is 3.00. The van der Waals surface area contributed by atoms with Crippen LogP contribution in [0.25, 0.3) is 11.4 Å². The molecule has 0 aliphatic rings. The van der Waals surface area contributed by atoms with E-state index in [1.807, 2.05) is 58.9 Å². The van der Waals surface area contributed by atoms with Gasteiger partial charge in [0.05, 0.1) is 7.11 Å². The van der Waals surface area contributed by atoms with Gasteiger partial charge in [0.25, 0.3) is 0 Å². The van der Waals surface area contributed by atoms with E-state index >= 15 is 0 Å². The molecule has 1 heterocycles. The predicted octanol–water partition coefficient (Wildman–Crippen LogP) is 3.99. The number of hydrogen-bond acceptors (Lipinski definition) is 5. The molecule has 2 aromatic rings. The van der Waals surface area contributed by atoms with Gasteiger partial charge in [0.1, 0.15) is 11.8 Å². The van der Waals surface area contributed by atoms with Crippen molar-refractivity contribution in [3.05, 3.63) is 30.2 Å². The van der Waals surface area contributed by atoms with Crippen LogP contribution < -0.4 is 10.1 Å². The molecular formula is C19H27N3O3. The zero-order chi connectivity index (χ0) is 18.6. The number of carbonyl (C=O) groups excluding carboxylic acids is 1. The molecule has 1 aromatic heterocycles. The van der Waals surface area contributed by atoms with E-state index < -0.39 is 0 Å². The summed E-state index contributed by atoms with van der Waals surface area (Å²) < 4.78 is 10.7. The fraction of sp³-hybridized carbons (Fsp3) is 0.526. The number of methoxy groups -OCH3 is 1.